The van der Waals surface area contributed by atoms with Crippen molar-refractivity contribution >= 4 is 34.7 Å². The van der Waals surface area contributed by atoms with E-state index >= 15 is 0 Å². The second-order valence-corrected chi connectivity index (χ2v) is 7.05. The summed E-state index contributed by atoms with van der Waals surface area (Å²) in [6.45, 7) is 0.410. The van der Waals surface area contributed by atoms with Crippen molar-refractivity contribution in [2.75, 3.05) is 0 Å². The third-order valence-electron chi connectivity index (χ3n) is 4.24. The van der Waals surface area contributed by atoms with Crippen LogP contribution >= 0.6 is 23.2 Å². The number of aromatic hydroxyl groups is 2. The first-order valence-electron chi connectivity index (χ1n) is 8.41. The molecule has 0 aliphatic carbocycles. The molecule has 0 heterocycles. The van der Waals surface area contributed by atoms with Crippen LogP contribution in [0, 0.1) is 0 Å². The van der Waals surface area contributed by atoms with Crippen LogP contribution in [0.15, 0.2) is 60.7 Å². The van der Waals surface area contributed by atoms with Gasteiger partial charge in [-0.25, -0.2) is 0 Å². The highest BCUT2D eigenvalue weighted by atomic mass is 35.5. The monoisotopic (exact) mass is 415 g/mol. The van der Waals surface area contributed by atoms with Crippen LogP contribution in [0.3, 0.4) is 0 Å². The van der Waals surface area contributed by atoms with Crippen molar-refractivity contribution in [1.29, 1.82) is 0 Å². The van der Waals surface area contributed by atoms with Gasteiger partial charge in [-0.05, 0) is 60.2 Å². The predicted molar refractivity (Wildman–Crippen MR) is 111 cm³/mol. The summed E-state index contributed by atoms with van der Waals surface area (Å²) in [5, 5.41) is 26.2. The van der Waals surface area contributed by atoms with Gasteiger partial charge in [-0.3, -0.25) is 16.1 Å². The summed E-state index contributed by atoms with van der Waals surface area (Å²) < 4.78 is 0. The van der Waals surface area contributed by atoms with Gasteiger partial charge in [-0.1, -0.05) is 29.3 Å². The number of nitrogens with one attached hydrogen (secondary N) is 1. The first-order valence-corrected chi connectivity index (χ1v) is 9.16. The highest BCUT2D eigenvalue weighted by Gasteiger charge is 2.20. The molecule has 0 fully saturated rings. The quantitative estimate of drug-likeness (QED) is 0.316. The second kappa shape index (κ2) is 8.33. The Morgan fingerprint density at radius 1 is 0.929 bits per heavy atom. The summed E-state index contributed by atoms with van der Waals surface area (Å²) in [5.74, 6) is 0.597. The van der Waals surface area contributed by atoms with E-state index in [9.17, 15) is 10.2 Å². The van der Waals surface area contributed by atoms with E-state index in [1.54, 1.807) is 54.6 Å². The van der Waals surface area contributed by atoms with Gasteiger partial charge >= 0.3 is 0 Å². The van der Waals surface area contributed by atoms with Crippen molar-refractivity contribution in [1.82, 2.24) is 0 Å². The molecule has 3 rings (SSSR count). The number of nitrogen functional groups attached to an aromatic ring is 1. The average molecular weight is 416 g/mol. The molecule has 5 nitrogen and oxygen atoms in total. The van der Waals surface area contributed by atoms with Crippen LogP contribution in [0.2, 0.25) is 10.0 Å². The van der Waals surface area contributed by atoms with E-state index in [1.165, 1.54) is 6.07 Å². The van der Waals surface area contributed by atoms with Gasteiger partial charge in [-0.15, -0.1) is 0 Å². The average Bonchev–Trinajstić information content (AvgIpc) is 2.68. The van der Waals surface area contributed by atoms with Crippen LogP contribution in [0.1, 0.15) is 22.3 Å². The highest BCUT2D eigenvalue weighted by molar-refractivity contribution is 6.32. The Kier molecular flexibility index (Phi) is 5.87. The molecule has 0 radical (unpaired) electrons. The molecule has 7 N–H and O–H groups in total. The summed E-state index contributed by atoms with van der Waals surface area (Å²) in [7, 11) is 0. The lowest BCUT2D eigenvalue weighted by Gasteiger charge is -2.06. The molecule has 0 aliphatic rings. The molecule has 7 heteroatoms. The normalized spacial score (nSPS) is 11.4. The number of benzene rings is 3. The lowest BCUT2D eigenvalue weighted by molar-refractivity contribution is -0.475. The fraction of sp³-hybridized carbons (Fsp3) is 0.0476. The van der Waals surface area contributed by atoms with Crippen molar-refractivity contribution in [3.63, 3.8) is 0 Å². The molecule has 0 aliphatic heterocycles. The topological polar surface area (TPSA) is 106 Å². The minimum absolute atomic E-state index is 0.0265. The molecular weight excluding hydrogens is 397 g/mol. The van der Waals surface area contributed by atoms with E-state index in [0.717, 1.165) is 11.1 Å². The third-order valence-corrected chi connectivity index (χ3v) is 4.77. The largest absolute Gasteiger partial charge is 0.508 e. The van der Waals surface area contributed by atoms with Gasteiger partial charge in [0.05, 0.1) is 16.1 Å². The molecule has 0 bridgehead atoms. The maximum atomic E-state index is 9.52. The van der Waals surface area contributed by atoms with Crippen LogP contribution in [-0.4, -0.2) is 21.8 Å². The standard InChI is InChI=1S/C21H17Cl2N3O2/c22-14-4-7-16(17(10-14)20(24)13-2-5-15(27)6-3-13)21(25)26-11-12-1-8-19(28)18(23)9-12/h1-10,24,27-28H,11H2,(H2,25,26)/p+2. The van der Waals surface area contributed by atoms with Gasteiger partial charge in [0.25, 0.3) is 5.84 Å². The molecule has 3 aromatic carbocycles. The van der Waals surface area contributed by atoms with E-state index in [2.05, 4.69) is 4.99 Å². The minimum atomic E-state index is 0.0265. The molecule has 0 atom stereocenters. The van der Waals surface area contributed by atoms with Crippen LogP contribution in [0.5, 0.6) is 11.5 Å². The van der Waals surface area contributed by atoms with Crippen LogP contribution in [-0.2, 0) is 6.54 Å². The molecule has 0 unspecified atom stereocenters. The first-order chi connectivity index (χ1) is 13.3. The summed E-state index contributed by atoms with van der Waals surface area (Å²) >= 11 is 12.1. The molecular formula is C21H19Cl2N3O2+2. The van der Waals surface area contributed by atoms with E-state index in [-0.39, 0.29) is 16.5 Å². The van der Waals surface area contributed by atoms with Gasteiger partial charge in [0.1, 0.15) is 18.0 Å². The Hall–Kier alpha value is -3.02. The molecule has 0 aromatic heterocycles. The minimum Gasteiger partial charge on any atom is -0.508 e. The van der Waals surface area contributed by atoms with Gasteiger partial charge in [0.15, 0.2) is 0 Å². The number of hydrogen-bond donors (Lipinski definition) is 5. The number of hydrogen-bond acceptors (Lipinski definition) is 2. The van der Waals surface area contributed by atoms with Crippen LogP contribution in [0.4, 0.5) is 0 Å². The van der Waals surface area contributed by atoms with E-state index < -0.39 is 0 Å². The van der Waals surface area contributed by atoms with E-state index in [1.807, 2.05) is 0 Å². The van der Waals surface area contributed by atoms with Crippen molar-refractivity contribution in [3.05, 3.63) is 93.0 Å². The van der Waals surface area contributed by atoms with Gasteiger partial charge < -0.3 is 10.2 Å². The summed E-state index contributed by atoms with van der Waals surface area (Å²) in [4.78, 5) is 3.14. The zero-order valence-corrected chi connectivity index (χ0v) is 16.3. The molecule has 0 saturated carbocycles. The zero-order valence-electron chi connectivity index (χ0n) is 14.8. The summed E-state index contributed by atoms with van der Waals surface area (Å²) in [6.07, 6.45) is 0. The number of nitrogens with two attached hydrogens (primary N) is 2. The lowest BCUT2D eigenvalue weighted by Crippen LogP contribution is -2.74. The van der Waals surface area contributed by atoms with Gasteiger partial charge in [0.2, 0.25) is 5.71 Å². The highest BCUT2D eigenvalue weighted by Crippen LogP contribution is 2.23. The summed E-state index contributed by atoms with van der Waals surface area (Å²) in [5.41, 5.74) is 9.72. The molecule has 28 heavy (non-hydrogen) atoms. The van der Waals surface area contributed by atoms with Crippen molar-refractivity contribution in [2.45, 2.75) is 6.54 Å². The number of amidine groups is 1. The third kappa shape index (κ3) is 4.44. The Morgan fingerprint density at radius 3 is 2.32 bits per heavy atom. The lowest BCUT2D eigenvalue weighted by atomic mass is 9.97. The molecule has 0 spiro atoms. The Labute approximate surface area is 172 Å². The molecule has 0 amide bonds. The van der Waals surface area contributed by atoms with E-state index in [4.69, 9.17) is 34.3 Å². The number of rotatable bonds is 5. The summed E-state index contributed by atoms with van der Waals surface area (Å²) in [6, 6.07) is 16.8. The fourth-order valence-corrected chi connectivity index (χ4v) is 3.10. The first kappa shape index (κ1) is 19.7. The number of halogens is 2. The van der Waals surface area contributed by atoms with Crippen LogP contribution < -0.4 is 16.1 Å². The zero-order chi connectivity index (χ0) is 20.3. The molecule has 142 valence electrons. The Morgan fingerprint density at radius 2 is 1.64 bits per heavy atom. The SMILES string of the molecule is NC(=[NH+]Cc1ccc(O)c(Cl)c1)c1ccc(Cl)cc1C(=[NH2+])c1ccc(O)cc1. The van der Waals surface area contributed by atoms with Gasteiger partial charge in [-0.2, -0.15) is 0 Å². The second-order valence-electron chi connectivity index (χ2n) is 6.20. The molecule has 0 saturated heterocycles. The van der Waals surface area contributed by atoms with Crippen LogP contribution in [0.25, 0.3) is 0 Å². The number of phenolic OH excluding ortho intramolecular Hbond substituents is 2. The van der Waals surface area contributed by atoms with E-state index in [0.29, 0.717) is 34.2 Å². The predicted octanol–water partition coefficient (Wildman–Crippen LogP) is 0.987. The number of phenols is 2. The van der Waals surface area contributed by atoms with Crippen molar-refractivity contribution in [2.24, 2.45) is 5.73 Å². The fourth-order valence-electron chi connectivity index (χ4n) is 2.72. The van der Waals surface area contributed by atoms with Crippen molar-refractivity contribution < 1.29 is 20.6 Å². The maximum Gasteiger partial charge on any atom is 0.273 e. The Balaban J connectivity index is 1.93. The van der Waals surface area contributed by atoms with Crippen molar-refractivity contribution in [3.8, 4) is 11.5 Å². The smallest absolute Gasteiger partial charge is 0.273 e. The van der Waals surface area contributed by atoms with Gasteiger partial charge in [0, 0.05) is 10.6 Å². The maximum absolute atomic E-state index is 9.52. The molecule has 3 aromatic rings. The Bertz CT molecular complexity index is 1060.